The van der Waals surface area contributed by atoms with Crippen LogP contribution in [0.1, 0.15) is 38.2 Å². The zero-order valence-electron chi connectivity index (χ0n) is 19.1. The number of hydrogen-bond donors (Lipinski definition) is 2. The molecular formula is C24H32N6O3. The van der Waals surface area contributed by atoms with Gasteiger partial charge in [-0.25, -0.2) is 14.8 Å². The number of nitrogens with zero attached hydrogens (tertiary/aromatic N) is 4. The third-order valence-electron chi connectivity index (χ3n) is 6.01. The lowest BCUT2D eigenvalue weighted by Crippen LogP contribution is -2.42. The molecule has 4 rings (SSSR count). The van der Waals surface area contributed by atoms with Gasteiger partial charge in [0.25, 0.3) is 0 Å². The molecule has 0 spiro atoms. The highest BCUT2D eigenvalue weighted by atomic mass is 16.6. The molecule has 2 N–H and O–H groups in total. The second-order valence-corrected chi connectivity index (χ2v) is 8.71. The van der Waals surface area contributed by atoms with Gasteiger partial charge in [0, 0.05) is 45.2 Å². The predicted molar refractivity (Wildman–Crippen MR) is 126 cm³/mol. The number of likely N-dealkylation sites (tertiary alicyclic amines) is 1. The van der Waals surface area contributed by atoms with E-state index in [0.717, 1.165) is 38.9 Å². The molecular weight excluding hydrogens is 420 g/mol. The molecule has 3 heterocycles. The van der Waals surface area contributed by atoms with Crippen LogP contribution in [0.15, 0.2) is 42.7 Å². The van der Waals surface area contributed by atoms with Gasteiger partial charge in [0.05, 0.1) is 18.1 Å². The highest BCUT2D eigenvalue weighted by molar-refractivity contribution is 5.95. The Hall–Kier alpha value is -3.20. The standard InChI is InChI=1S/C24H32N6O3/c1-18(14-25-23-26-15-20(16-27-23)30-11-5-8-22(30)31)28-24(32)33-21-9-12-29(13-10-21)17-19-6-3-2-4-7-19/h2-4,6-7,15-16,18,21H,5,8-14,17H2,1H3,(H,28,32)(H,25,26,27)/t18-/m1/s1. The summed E-state index contributed by atoms with van der Waals surface area (Å²) >= 11 is 0. The van der Waals surface area contributed by atoms with Crippen LogP contribution in [0.3, 0.4) is 0 Å². The van der Waals surface area contributed by atoms with Crippen LogP contribution in [-0.2, 0) is 16.1 Å². The van der Waals surface area contributed by atoms with Gasteiger partial charge in [-0.1, -0.05) is 30.3 Å². The molecule has 9 heteroatoms. The van der Waals surface area contributed by atoms with Crippen LogP contribution in [-0.4, -0.2) is 65.2 Å². The van der Waals surface area contributed by atoms with Crippen molar-refractivity contribution in [2.75, 3.05) is 36.4 Å². The van der Waals surface area contributed by atoms with Gasteiger partial charge in [0.2, 0.25) is 11.9 Å². The zero-order chi connectivity index (χ0) is 23.0. The second kappa shape index (κ2) is 11.1. The number of anilines is 2. The van der Waals surface area contributed by atoms with E-state index in [1.54, 1.807) is 17.3 Å². The van der Waals surface area contributed by atoms with Crippen molar-refractivity contribution in [3.63, 3.8) is 0 Å². The maximum Gasteiger partial charge on any atom is 0.407 e. The number of amides is 2. The molecule has 2 aliphatic rings. The van der Waals surface area contributed by atoms with Gasteiger partial charge < -0.3 is 20.3 Å². The summed E-state index contributed by atoms with van der Waals surface area (Å²) in [6.45, 7) is 5.84. The molecule has 1 atom stereocenters. The number of hydrogen-bond acceptors (Lipinski definition) is 7. The minimum absolute atomic E-state index is 0.0543. The van der Waals surface area contributed by atoms with Crippen molar-refractivity contribution in [1.29, 1.82) is 0 Å². The molecule has 1 aromatic carbocycles. The monoisotopic (exact) mass is 452 g/mol. The van der Waals surface area contributed by atoms with Gasteiger partial charge in [-0.3, -0.25) is 9.69 Å². The smallest absolute Gasteiger partial charge is 0.407 e. The number of nitrogens with one attached hydrogen (secondary N) is 2. The quantitative estimate of drug-likeness (QED) is 0.635. The minimum Gasteiger partial charge on any atom is -0.446 e. The number of rotatable bonds is 8. The summed E-state index contributed by atoms with van der Waals surface area (Å²) in [7, 11) is 0. The van der Waals surface area contributed by atoms with Crippen LogP contribution in [0.4, 0.5) is 16.4 Å². The third-order valence-corrected chi connectivity index (χ3v) is 6.01. The Morgan fingerprint density at radius 3 is 2.55 bits per heavy atom. The van der Waals surface area contributed by atoms with Crippen molar-refractivity contribution < 1.29 is 14.3 Å². The topological polar surface area (TPSA) is 99.7 Å². The molecule has 1 aromatic heterocycles. The number of carbonyl (C=O) groups excluding carboxylic acids is 2. The minimum atomic E-state index is -0.394. The molecule has 2 aromatic rings. The normalized spacial score (nSPS) is 18.2. The second-order valence-electron chi connectivity index (χ2n) is 8.71. The largest absolute Gasteiger partial charge is 0.446 e. The van der Waals surface area contributed by atoms with Crippen LogP contribution < -0.4 is 15.5 Å². The first-order valence-electron chi connectivity index (χ1n) is 11.7. The molecule has 2 saturated heterocycles. The van der Waals surface area contributed by atoms with Gasteiger partial charge in [-0.15, -0.1) is 0 Å². The van der Waals surface area contributed by atoms with Crippen LogP contribution in [0.25, 0.3) is 0 Å². The van der Waals surface area contributed by atoms with Gasteiger partial charge in [-0.2, -0.15) is 0 Å². The molecule has 9 nitrogen and oxygen atoms in total. The van der Waals surface area contributed by atoms with E-state index in [9.17, 15) is 9.59 Å². The first-order valence-corrected chi connectivity index (χ1v) is 11.7. The summed E-state index contributed by atoms with van der Waals surface area (Å²) < 4.78 is 5.62. The summed E-state index contributed by atoms with van der Waals surface area (Å²) in [5.41, 5.74) is 2.02. The van der Waals surface area contributed by atoms with Crippen LogP contribution >= 0.6 is 0 Å². The van der Waals surface area contributed by atoms with Crippen molar-refractivity contribution in [1.82, 2.24) is 20.2 Å². The van der Waals surface area contributed by atoms with Crippen molar-refractivity contribution >= 4 is 23.6 Å². The summed E-state index contributed by atoms with van der Waals surface area (Å²) in [5, 5.41) is 5.97. The van der Waals surface area contributed by atoms with E-state index < -0.39 is 6.09 Å². The average Bonchev–Trinajstić information content (AvgIpc) is 3.26. The van der Waals surface area contributed by atoms with E-state index in [-0.39, 0.29) is 18.1 Å². The SMILES string of the molecule is C[C@H](CNc1ncc(N2CCCC2=O)cn1)NC(=O)OC1CCN(Cc2ccccc2)CC1. The van der Waals surface area contributed by atoms with Crippen LogP contribution in [0.5, 0.6) is 0 Å². The molecule has 2 fully saturated rings. The van der Waals surface area contributed by atoms with E-state index in [1.165, 1.54) is 5.56 Å². The average molecular weight is 453 g/mol. The first-order chi connectivity index (χ1) is 16.1. The lowest BCUT2D eigenvalue weighted by atomic mass is 10.1. The van der Waals surface area contributed by atoms with Crippen LogP contribution in [0.2, 0.25) is 0 Å². The highest BCUT2D eigenvalue weighted by Crippen LogP contribution is 2.20. The van der Waals surface area contributed by atoms with E-state index in [0.29, 0.717) is 31.1 Å². The fourth-order valence-electron chi connectivity index (χ4n) is 4.18. The molecule has 0 bridgehead atoms. The van der Waals surface area contributed by atoms with Crippen molar-refractivity contribution in [2.45, 2.75) is 51.3 Å². The Labute approximate surface area is 194 Å². The molecule has 33 heavy (non-hydrogen) atoms. The third kappa shape index (κ3) is 6.64. The number of piperidine rings is 1. The Balaban J connectivity index is 1.13. The zero-order valence-corrected chi connectivity index (χ0v) is 19.1. The number of aromatic nitrogens is 2. The number of alkyl carbamates (subject to hydrolysis) is 1. The van der Waals surface area contributed by atoms with E-state index in [1.807, 2.05) is 13.0 Å². The Kier molecular flexibility index (Phi) is 7.72. The van der Waals surface area contributed by atoms with E-state index in [4.69, 9.17) is 4.74 Å². The lowest BCUT2D eigenvalue weighted by Gasteiger charge is -2.31. The predicted octanol–water partition coefficient (Wildman–Crippen LogP) is 2.79. The van der Waals surface area contributed by atoms with Crippen molar-refractivity contribution in [2.24, 2.45) is 0 Å². The number of carbonyl (C=O) groups is 2. The molecule has 0 saturated carbocycles. The summed E-state index contributed by atoms with van der Waals surface area (Å²) in [4.78, 5) is 36.7. The number of benzene rings is 1. The molecule has 2 amide bonds. The fourth-order valence-corrected chi connectivity index (χ4v) is 4.18. The summed E-state index contributed by atoms with van der Waals surface area (Å²) in [6, 6.07) is 10.3. The molecule has 2 aliphatic heterocycles. The van der Waals surface area contributed by atoms with Gasteiger partial charge >= 0.3 is 6.09 Å². The fraction of sp³-hybridized carbons (Fsp3) is 0.500. The summed E-state index contributed by atoms with van der Waals surface area (Å²) in [6.07, 6.45) is 5.97. The molecule has 0 radical (unpaired) electrons. The molecule has 0 unspecified atom stereocenters. The molecule has 176 valence electrons. The Morgan fingerprint density at radius 1 is 1.15 bits per heavy atom. The van der Waals surface area contributed by atoms with E-state index in [2.05, 4.69) is 49.8 Å². The maximum absolute atomic E-state index is 12.3. The maximum atomic E-state index is 12.3. The Morgan fingerprint density at radius 2 is 1.88 bits per heavy atom. The first kappa shape index (κ1) is 23.0. The highest BCUT2D eigenvalue weighted by Gasteiger charge is 2.24. The number of ether oxygens (including phenoxy) is 1. The van der Waals surface area contributed by atoms with Gasteiger partial charge in [0.1, 0.15) is 6.10 Å². The Bertz CT molecular complexity index is 916. The van der Waals surface area contributed by atoms with Crippen molar-refractivity contribution in [3.05, 3.63) is 48.3 Å². The van der Waals surface area contributed by atoms with Crippen molar-refractivity contribution in [3.8, 4) is 0 Å². The lowest BCUT2D eigenvalue weighted by molar-refractivity contribution is -0.117. The van der Waals surface area contributed by atoms with Gasteiger partial charge in [0.15, 0.2) is 0 Å². The van der Waals surface area contributed by atoms with Crippen LogP contribution in [0, 0.1) is 0 Å². The molecule has 0 aliphatic carbocycles. The van der Waals surface area contributed by atoms with Gasteiger partial charge in [-0.05, 0) is 31.7 Å². The van der Waals surface area contributed by atoms with E-state index >= 15 is 0 Å². The summed E-state index contributed by atoms with van der Waals surface area (Å²) in [5.74, 6) is 0.565.